The Morgan fingerprint density at radius 2 is 1.88 bits per heavy atom. The molecule has 2 atom stereocenters. The number of hydrogen-bond donors (Lipinski definition) is 1. The lowest BCUT2D eigenvalue weighted by molar-refractivity contribution is 0.188. The van der Waals surface area contributed by atoms with Gasteiger partial charge in [-0.25, -0.2) is 0 Å². The van der Waals surface area contributed by atoms with Gasteiger partial charge in [-0.3, -0.25) is 0 Å². The summed E-state index contributed by atoms with van der Waals surface area (Å²) in [5.74, 6) is 0. The summed E-state index contributed by atoms with van der Waals surface area (Å²) in [6.45, 7) is 11.1. The van der Waals surface area contributed by atoms with E-state index in [1.807, 2.05) is 0 Å². The number of rotatable bonds is 4. The highest BCUT2D eigenvalue weighted by atomic mass is 15.2. The molecule has 1 heterocycles. The van der Waals surface area contributed by atoms with Gasteiger partial charge in [0.15, 0.2) is 0 Å². The van der Waals surface area contributed by atoms with Crippen LogP contribution in [0.5, 0.6) is 0 Å². The zero-order valence-corrected chi connectivity index (χ0v) is 12.0. The molecule has 1 aliphatic heterocycles. The van der Waals surface area contributed by atoms with Crippen molar-refractivity contribution in [2.75, 3.05) is 19.6 Å². The Balaban J connectivity index is 1.74. The third-order valence-corrected chi connectivity index (χ3v) is 4.72. The van der Waals surface area contributed by atoms with E-state index < -0.39 is 0 Å². The Morgan fingerprint density at radius 1 is 1.18 bits per heavy atom. The van der Waals surface area contributed by atoms with Crippen molar-refractivity contribution in [1.82, 2.24) is 10.2 Å². The predicted octanol–water partition coefficient (Wildman–Crippen LogP) is 3.03. The SMILES string of the molecule is CC(CN1CCCCC1)NC1CCCC1(C)C. The molecule has 0 radical (unpaired) electrons. The van der Waals surface area contributed by atoms with Crippen molar-refractivity contribution in [3.05, 3.63) is 0 Å². The first-order chi connectivity index (χ1) is 8.08. The Labute approximate surface area is 107 Å². The molecule has 2 unspecified atom stereocenters. The molecule has 0 bridgehead atoms. The highest BCUT2D eigenvalue weighted by Crippen LogP contribution is 2.37. The van der Waals surface area contributed by atoms with Crippen molar-refractivity contribution in [1.29, 1.82) is 0 Å². The van der Waals surface area contributed by atoms with Crippen LogP contribution in [0.3, 0.4) is 0 Å². The van der Waals surface area contributed by atoms with Gasteiger partial charge < -0.3 is 10.2 Å². The summed E-state index contributed by atoms with van der Waals surface area (Å²) in [7, 11) is 0. The lowest BCUT2D eigenvalue weighted by Gasteiger charge is -2.34. The molecule has 100 valence electrons. The van der Waals surface area contributed by atoms with Crippen LogP contribution >= 0.6 is 0 Å². The first-order valence-electron chi connectivity index (χ1n) is 7.56. The quantitative estimate of drug-likeness (QED) is 0.810. The van der Waals surface area contributed by atoms with Gasteiger partial charge in [0, 0.05) is 18.6 Å². The largest absolute Gasteiger partial charge is 0.310 e. The molecule has 2 fully saturated rings. The van der Waals surface area contributed by atoms with Crippen LogP contribution in [0.4, 0.5) is 0 Å². The molecule has 0 amide bonds. The third kappa shape index (κ3) is 3.69. The minimum Gasteiger partial charge on any atom is -0.310 e. The maximum absolute atomic E-state index is 3.87. The lowest BCUT2D eigenvalue weighted by Crippen LogP contribution is -2.48. The number of piperidine rings is 1. The Hall–Kier alpha value is -0.0800. The van der Waals surface area contributed by atoms with E-state index in [1.54, 1.807) is 0 Å². The van der Waals surface area contributed by atoms with E-state index in [4.69, 9.17) is 0 Å². The van der Waals surface area contributed by atoms with Crippen molar-refractivity contribution < 1.29 is 0 Å². The summed E-state index contributed by atoms with van der Waals surface area (Å²) < 4.78 is 0. The van der Waals surface area contributed by atoms with Crippen LogP contribution in [0, 0.1) is 5.41 Å². The molecule has 0 aromatic carbocycles. The highest BCUT2D eigenvalue weighted by molar-refractivity contribution is 4.91. The molecule has 2 aliphatic rings. The van der Waals surface area contributed by atoms with Crippen LogP contribution in [0.25, 0.3) is 0 Å². The first-order valence-corrected chi connectivity index (χ1v) is 7.56. The summed E-state index contributed by atoms with van der Waals surface area (Å²) >= 11 is 0. The molecule has 1 aliphatic carbocycles. The summed E-state index contributed by atoms with van der Waals surface area (Å²) in [4.78, 5) is 2.64. The average Bonchev–Trinajstić information content (AvgIpc) is 2.59. The summed E-state index contributed by atoms with van der Waals surface area (Å²) in [6, 6.07) is 1.39. The molecule has 17 heavy (non-hydrogen) atoms. The fourth-order valence-corrected chi connectivity index (χ4v) is 3.56. The topological polar surface area (TPSA) is 15.3 Å². The molecule has 2 nitrogen and oxygen atoms in total. The van der Waals surface area contributed by atoms with E-state index >= 15 is 0 Å². The van der Waals surface area contributed by atoms with Gasteiger partial charge in [-0.1, -0.05) is 26.7 Å². The van der Waals surface area contributed by atoms with E-state index in [1.165, 1.54) is 58.2 Å². The Kier molecular flexibility index (Phi) is 4.48. The van der Waals surface area contributed by atoms with E-state index in [0.717, 1.165) is 6.04 Å². The van der Waals surface area contributed by atoms with E-state index in [2.05, 4.69) is 31.0 Å². The minimum atomic E-state index is 0.510. The van der Waals surface area contributed by atoms with Crippen LogP contribution in [0.1, 0.15) is 59.3 Å². The second-order valence-electron chi connectivity index (χ2n) is 6.86. The summed E-state index contributed by atoms with van der Waals surface area (Å²) in [5.41, 5.74) is 0.510. The summed E-state index contributed by atoms with van der Waals surface area (Å²) in [6.07, 6.45) is 8.41. The van der Waals surface area contributed by atoms with Crippen LogP contribution in [0.2, 0.25) is 0 Å². The number of hydrogen-bond acceptors (Lipinski definition) is 2. The van der Waals surface area contributed by atoms with Gasteiger partial charge >= 0.3 is 0 Å². The van der Waals surface area contributed by atoms with Crippen LogP contribution in [0.15, 0.2) is 0 Å². The van der Waals surface area contributed by atoms with Gasteiger partial charge in [-0.15, -0.1) is 0 Å². The molecule has 0 aromatic heterocycles. The summed E-state index contributed by atoms with van der Waals surface area (Å²) in [5, 5.41) is 3.87. The molecule has 1 saturated carbocycles. The van der Waals surface area contributed by atoms with Crippen LogP contribution in [-0.4, -0.2) is 36.6 Å². The van der Waals surface area contributed by atoms with Crippen molar-refractivity contribution in [2.24, 2.45) is 5.41 Å². The Bertz CT molecular complexity index is 231. The average molecular weight is 238 g/mol. The molecule has 1 saturated heterocycles. The fourth-order valence-electron chi connectivity index (χ4n) is 3.56. The molecular weight excluding hydrogens is 208 g/mol. The Morgan fingerprint density at radius 3 is 2.47 bits per heavy atom. The number of nitrogens with zero attached hydrogens (tertiary/aromatic N) is 1. The number of likely N-dealkylation sites (tertiary alicyclic amines) is 1. The zero-order chi connectivity index (χ0) is 12.3. The van der Waals surface area contributed by atoms with Crippen molar-refractivity contribution in [2.45, 2.75) is 71.4 Å². The fraction of sp³-hybridized carbons (Fsp3) is 1.00. The van der Waals surface area contributed by atoms with E-state index in [9.17, 15) is 0 Å². The van der Waals surface area contributed by atoms with Gasteiger partial charge in [-0.2, -0.15) is 0 Å². The van der Waals surface area contributed by atoms with Gasteiger partial charge in [0.05, 0.1) is 0 Å². The second kappa shape index (κ2) is 5.71. The van der Waals surface area contributed by atoms with Crippen molar-refractivity contribution in [3.8, 4) is 0 Å². The lowest BCUT2D eigenvalue weighted by atomic mass is 9.87. The van der Waals surface area contributed by atoms with Gasteiger partial charge in [0.25, 0.3) is 0 Å². The molecule has 0 spiro atoms. The minimum absolute atomic E-state index is 0.510. The van der Waals surface area contributed by atoms with Crippen molar-refractivity contribution >= 4 is 0 Å². The predicted molar refractivity (Wildman–Crippen MR) is 74.3 cm³/mol. The van der Waals surface area contributed by atoms with Gasteiger partial charge in [-0.05, 0) is 51.1 Å². The molecule has 2 rings (SSSR count). The molecule has 2 heteroatoms. The zero-order valence-electron chi connectivity index (χ0n) is 12.0. The smallest absolute Gasteiger partial charge is 0.0169 e. The van der Waals surface area contributed by atoms with E-state index in [-0.39, 0.29) is 0 Å². The maximum atomic E-state index is 3.87. The van der Waals surface area contributed by atoms with Crippen molar-refractivity contribution in [3.63, 3.8) is 0 Å². The number of nitrogens with one attached hydrogen (secondary N) is 1. The monoisotopic (exact) mass is 238 g/mol. The molecule has 0 aromatic rings. The van der Waals surface area contributed by atoms with E-state index in [0.29, 0.717) is 11.5 Å². The standard InChI is InChI=1S/C15H30N2/c1-13(12-17-10-5-4-6-11-17)16-14-8-7-9-15(14,2)3/h13-14,16H,4-12H2,1-3H3. The first kappa shape index (κ1) is 13.4. The third-order valence-electron chi connectivity index (χ3n) is 4.72. The normalized spacial score (nSPS) is 31.6. The van der Waals surface area contributed by atoms with Crippen LogP contribution in [-0.2, 0) is 0 Å². The van der Waals surface area contributed by atoms with Gasteiger partial charge in [0.2, 0.25) is 0 Å². The van der Waals surface area contributed by atoms with Crippen LogP contribution < -0.4 is 5.32 Å². The van der Waals surface area contributed by atoms with Gasteiger partial charge in [0.1, 0.15) is 0 Å². The second-order valence-corrected chi connectivity index (χ2v) is 6.86. The highest BCUT2D eigenvalue weighted by Gasteiger charge is 2.34. The maximum Gasteiger partial charge on any atom is 0.0169 e. The molecule has 1 N–H and O–H groups in total. The molecular formula is C15H30N2.